The van der Waals surface area contributed by atoms with Gasteiger partial charge in [0, 0.05) is 25.2 Å². The zero-order chi connectivity index (χ0) is 45.7. The summed E-state index contributed by atoms with van der Waals surface area (Å²) in [4.78, 5) is 58.2. The van der Waals surface area contributed by atoms with Crippen LogP contribution in [0, 0.1) is 0 Å². The Morgan fingerprint density at radius 1 is 0.629 bits per heavy atom. The Kier molecular flexibility index (Phi) is 17.2. The van der Waals surface area contributed by atoms with Crippen LogP contribution in [0.15, 0.2) is 102 Å². The van der Waals surface area contributed by atoms with Crippen molar-refractivity contribution in [3.8, 4) is 0 Å². The van der Waals surface area contributed by atoms with Crippen molar-refractivity contribution in [3.63, 3.8) is 0 Å². The van der Waals surface area contributed by atoms with E-state index in [1.807, 2.05) is 113 Å². The van der Waals surface area contributed by atoms with Crippen LogP contribution < -0.4 is 16.1 Å². The zero-order valence-electron chi connectivity index (χ0n) is 37.2. The summed E-state index contributed by atoms with van der Waals surface area (Å²) in [5.74, 6) is -0.702. The Labute approximate surface area is 373 Å². The van der Waals surface area contributed by atoms with Gasteiger partial charge in [0.15, 0.2) is 0 Å². The molecule has 0 unspecified atom stereocenters. The molecule has 14 nitrogen and oxygen atoms in total. The van der Waals surface area contributed by atoms with Crippen molar-refractivity contribution in [2.45, 2.75) is 130 Å². The molecule has 1 aliphatic heterocycles. The van der Waals surface area contributed by atoms with Crippen molar-refractivity contribution in [1.29, 1.82) is 0 Å². The van der Waals surface area contributed by atoms with Gasteiger partial charge in [-0.15, -0.1) is 0 Å². The van der Waals surface area contributed by atoms with Crippen LogP contribution in [0.2, 0.25) is 0 Å². The molecule has 1 saturated heterocycles. The number of nitrogens with one attached hydrogen (secondary N) is 2. The number of alkyl carbamates (subject to hydrolysis) is 2. The molecule has 2 atom stereocenters. The van der Waals surface area contributed by atoms with Gasteiger partial charge in [0.2, 0.25) is 0 Å². The minimum absolute atomic E-state index is 0.0859. The highest BCUT2D eigenvalue weighted by molar-refractivity contribution is 9.10. The van der Waals surface area contributed by atoms with Gasteiger partial charge in [0.1, 0.15) is 42.3 Å². The van der Waals surface area contributed by atoms with Crippen LogP contribution in [0.25, 0.3) is 0 Å². The molecule has 3 aromatic carbocycles. The number of carbonyl (C=O) groups is 4. The average Bonchev–Trinajstić information content (AvgIpc) is 3.42. The van der Waals surface area contributed by atoms with Crippen LogP contribution in [0.4, 0.5) is 9.59 Å². The molecule has 4 aromatic rings. The van der Waals surface area contributed by atoms with E-state index in [4.69, 9.17) is 28.3 Å². The second-order valence-electron chi connectivity index (χ2n) is 17.6. The topological polar surface area (TPSA) is 174 Å². The summed E-state index contributed by atoms with van der Waals surface area (Å²) in [6.45, 7) is 18.9. The Bertz CT molecular complexity index is 2060. The van der Waals surface area contributed by atoms with Crippen LogP contribution in [-0.4, -0.2) is 75.7 Å². The first-order valence-corrected chi connectivity index (χ1v) is 21.1. The maximum absolute atomic E-state index is 12.9. The number of carbonyl (C=O) groups excluding carboxylic acids is 4. The highest BCUT2D eigenvalue weighted by Crippen LogP contribution is 2.36. The van der Waals surface area contributed by atoms with Gasteiger partial charge in [-0.25, -0.2) is 29.1 Å². The molecule has 2 amide bonds. The lowest BCUT2D eigenvalue weighted by molar-refractivity contribution is -0.158. The third kappa shape index (κ3) is 16.5. The van der Waals surface area contributed by atoms with Crippen molar-refractivity contribution in [3.05, 3.63) is 124 Å². The lowest BCUT2D eigenvalue weighted by Crippen LogP contribution is -2.46. The van der Waals surface area contributed by atoms with Crippen LogP contribution >= 0.6 is 15.9 Å². The summed E-state index contributed by atoms with van der Waals surface area (Å²) in [5.41, 5.74) is 1.20. The molecule has 0 spiro atoms. The Balaban J connectivity index is 0.000000282. The summed E-state index contributed by atoms with van der Waals surface area (Å²) in [6, 6.07) is 24.4. The van der Waals surface area contributed by atoms with E-state index >= 15 is 0 Å². The number of amides is 2. The second-order valence-corrected chi connectivity index (χ2v) is 18.6. The normalized spacial score (nSPS) is 15.2. The van der Waals surface area contributed by atoms with E-state index in [9.17, 15) is 19.2 Å². The molecule has 2 heterocycles. The molecule has 1 aromatic heterocycles. The van der Waals surface area contributed by atoms with Crippen LogP contribution in [0.5, 0.6) is 0 Å². The van der Waals surface area contributed by atoms with E-state index in [0.717, 1.165) is 26.6 Å². The third-order valence-corrected chi connectivity index (χ3v) is 9.81. The number of rotatable bonds is 13. The number of halogens is 1. The number of nitrogens with zero attached hydrogens (tertiary/aromatic N) is 2. The predicted octanol–water partition coefficient (Wildman–Crippen LogP) is 7.58. The molecule has 332 valence electrons. The first-order chi connectivity index (χ1) is 29.0. The van der Waals surface area contributed by atoms with Crippen LogP contribution in [-0.2, 0) is 63.9 Å². The van der Waals surface area contributed by atoms with Crippen LogP contribution in [0.1, 0.15) is 91.8 Å². The van der Waals surface area contributed by atoms with E-state index in [2.05, 4.69) is 36.5 Å². The van der Waals surface area contributed by atoms with E-state index < -0.39 is 65.7 Å². The minimum atomic E-state index is -0.964. The molecule has 0 saturated carbocycles. The summed E-state index contributed by atoms with van der Waals surface area (Å²) in [5, 5.41) is 5.21. The molecule has 1 aliphatic rings. The molecule has 2 N–H and O–H groups in total. The standard InChI is InChI=1S/C27H36BNO6.C19H22BrN3O4/c1-25(2,3)33-23(30)22(29-24(31)32-18-20-11-9-8-10-12-20)17-19-13-15-21(16-14-19)28-34-26(4,5)27(6,7)35-28;1-19(2,3)27-17(24)15(9-16-21-10-14(20)11-22-16)23-18(25)26-12-13-7-5-4-6-8-13/h8-16,22H,17-18H2,1-7H3,(H,29,31);4-8,10-11,15H,9,12H2,1-3H3,(H,23,25)/t22-;15-/m00/s1. The fourth-order valence-electron chi connectivity index (χ4n) is 5.60. The van der Waals surface area contributed by atoms with Gasteiger partial charge in [-0.1, -0.05) is 84.9 Å². The maximum atomic E-state index is 12.9. The summed E-state index contributed by atoms with van der Waals surface area (Å²) in [7, 11) is -0.471. The van der Waals surface area contributed by atoms with Crippen molar-refractivity contribution in [2.75, 3.05) is 0 Å². The Morgan fingerprint density at radius 2 is 1.03 bits per heavy atom. The number of hydrogen-bond donors (Lipinski definition) is 2. The lowest BCUT2D eigenvalue weighted by Gasteiger charge is -2.32. The largest absolute Gasteiger partial charge is 0.494 e. The third-order valence-electron chi connectivity index (χ3n) is 9.40. The van der Waals surface area contributed by atoms with Crippen molar-refractivity contribution in [1.82, 2.24) is 20.6 Å². The second kappa shape index (κ2) is 21.7. The number of ether oxygens (including phenoxy) is 4. The van der Waals surface area contributed by atoms with Gasteiger partial charge in [-0.05, 0) is 107 Å². The number of hydrogen-bond acceptors (Lipinski definition) is 12. The monoisotopic (exact) mass is 916 g/mol. The average molecular weight is 918 g/mol. The Morgan fingerprint density at radius 3 is 1.44 bits per heavy atom. The SMILES string of the molecule is CC(C)(C)OC(=O)[C@H](Cc1ccc(B2OC(C)(C)C(C)(C)O2)cc1)NC(=O)OCc1ccccc1.CC(C)(C)OC(=O)[C@H](Cc1ncc(Br)cn1)NC(=O)OCc1ccccc1. The zero-order valence-corrected chi connectivity index (χ0v) is 38.7. The smallest absolute Gasteiger partial charge is 0.458 e. The van der Waals surface area contributed by atoms with E-state index in [-0.39, 0.29) is 26.1 Å². The molecular formula is C46H58BBrN4O10. The van der Waals surface area contributed by atoms with Gasteiger partial charge < -0.3 is 38.9 Å². The number of aromatic nitrogens is 2. The fourth-order valence-corrected chi connectivity index (χ4v) is 5.80. The quantitative estimate of drug-likeness (QED) is 0.0766. The van der Waals surface area contributed by atoms with Crippen molar-refractivity contribution < 1.29 is 47.4 Å². The van der Waals surface area contributed by atoms with Gasteiger partial charge in [-0.2, -0.15) is 0 Å². The fraction of sp³-hybridized carbons (Fsp3) is 0.435. The molecule has 0 aliphatic carbocycles. The molecular weight excluding hydrogens is 859 g/mol. The molecule has 0 radical (unpaired) electrons. The van der Waals surface area contributed by atoms with Crippen molar-refractivity contribution in [2.24, 2.45) is 0 Å². The predicted molar refractivity (Wildman–Crippen MR) is 238 cm³/mol. The van der Waals surface area contributed by atoms with Gasteiger partial charge >= 0.3 is 31.2 Å². The van der Waals surface area contributed by atoms with Gasteiger partial charge in [-0.3, -0.25) is 0 Å². The first-order valence-electron chi connectivity index (χ1n) is 20.3. The Hall–Kier alpha value is -5.32. The molecule has 16 heteroatoms. The summed E-state index contributed by atoms with van der Waals surface area (Å²) < 4.78 is 34.4. The summed E-state index contributed by atoms with van der Waals surface area (Å²) >= 11 is 3.26. The molecule has 0 bridgehead atoms. The number of esters is 2. The molecule has 1 fully saturated rings. The highest BCUT2D eigenvalue weighted by atomic mass is 79.9. The van der Waals surface area contributed by atoms with E-state index in [1.54, 1.807) is 53.9 Å². The van der Waals surface area contributed by atoms with E-state index in [1.165, 1.54) is 0 Å². The van der Waals surface area contributed by atoms with E-state index in [0.29, 0.717) is 5.82 Å². The molecule has 5 rings (SSSR count). The highest BCUT2D eigenvalue weighted by Gasteiger charge is 2.51. The molecule has 62 heavy (non-hydrogen) atoms. The first kappa shape index (κ1) is 49.3. The van der Waals surface area contributed by atoms with Gasteiger partial charge in [0.25, 0.3) is 0 Å². The van der Waals surface area contributed by atoms with Crippen LogP contribution in [0.3, 0.4) is 0 Å². The van der Waals surface area contributed by atoms with Crippen molar-refractivity contribution >= 4 is 52.6 Å². The lowest BCUT2D eigenvalue weighted by atomic mass is 9.78. The summed E-state index contributed by atoms with van der Waals surface area (Å²) in [6.07, 6.45) is 2.08. The maximum Gasteiger partial charge on any atom is 0.494 e. The minimum Gasteiger partial charge on any atom is -0.458 e. The number of benzene rings is 3. The van der Waals surface area contributed by atoms with Gasteiger partial charge in [0.05, 0.1) is 15.7 Å².